The first-order valence-electron chi connectivity index (χ1n) is 9.15. The van der Waals surface area contributed by atoms with Crippen LogP contribution < -0.4 is 11.4 Å². The van der Waals surface area contributed by atoms with Crippen molar-refractivity contribution in [3.63, 3.8) is 0 Å². The van der Waals surface area contributed by atoms with Gasteiger partial charge in [-0.05, 0) is 60.6 Å². The molecule has 0 saturated carbocycles. The number of aromatic hydroxyl groups is 1. The molecule has 4 rings (SSSR count). The number of hydrogen-bond acceptors (Lipinski definition) is 5. The molecule has 4 aromatic rings. The van der Waals surface area contributed by atoms with Crippen LogP contribution in [0.25, 0.3) is 16.6 Å². The summed E-state index contributed by atoms with van der Waals surface area (Å²) in [5.74, 6) is 0.0216. The van der Waals surface area contributed by atoms with E-state index in [9.17, 15) is 23.1 Å². The number of hydrogen-bond donors (Lipinski definition) is 2. The summed E-state index contributed by atoms with van der Waals surface area (Å²) in [6.07, 6.45) is 0. The van der Waals surface area contributed by atoms with E-state index in [1.54, 1.807) is 13.0 Å². The van der Waals surface area contributed by atoms with Gasteiger partial charge in [-0.1, -0.05) is 18.2 Å². The molecule has 0 spiro atoms. The van der Waals surface area contributed by atoms with Crippen molar-refractivity contribution in [1.82, 2.24) is 14.1 Å². The Morgan fingerprint density at radius 2 is 1.81 bits per heavy atom. The summed E-state index contributed by atoms with van der Waals surface area (Å²) in [4.78, 5) is 17.3. The number of benzene rings is 2. The number of fused-ring (bicyclic) bond motifs is 1. The SMILES string of the molecule is Cc1c(O)n(-c2ccc(SC(F)(F)F)cc2)c(=O)n1Cc1cc(N)nc2ccccc12. The molecule has 0 saturated heterocycles. The standard InChI is InChI=1S/C21H17F3N4O2S/c1-12-19(29)28(14-6-8-15(9-7-14)31-21(22,23)24)20(30)27(12)11-13-10-18(25)26-17-5-3-2-4-16(13)17/h2-10,29H,11H2,1H3,(H2,25,26). The van der Waals surface area contributed by atoms with Crippen LogP contribution in [-0.2, 0) is 6.54 Å². The van der Waals surface area contributed by atoms with Crippen LogP contribution in [0.1, 0.15) is 11.3 Å². The molecule has 31 heavy (non-hydrogen) atoms. The molecule has 2 aromatic carbocycles. The molecule has 0 aliphatic heterocycles. The summed E-state index contributed by atoms with van der Waals surface area (Å²) in [6, 6.07) is 14.3. The third-order valence-corrected chi connectivity index (χ3v) is 5.58. The zero-order valence-corrected chi connectivity index (χ0v) is 17.0. The Hall–Kier alpha value is -3.40. The second-order valence-electron chi connectivity index (χ2n) is 6.88. The third-order valence-electron chi connectivity index (χ3n) is 4.84. The molecule has 160 valence electrons. The summed E-state index contributed by atoms with van der Waals surface area (Å²) in [5, 5.41) is 11.4. The van der Waals surface area contributed by atoms with Crippen molar-refractivity contribution < 1.29 is 18.3 Å². The number of thioether (sulfide) groups is 1. The van der Waals surface area contributed by atoms with Crippen LogP contribution in [-0.4, -0.2) is 24.7 Å². The zero-order chi connectivity index (χ0) is 22.3. The van der Waals surface area contributed by atoms with Crippen LogP contribution in [0.3, 0.4) is 0 Å². The van der Waals surface area contributed by atoms with E-state index in [1.807, 2.05) is 24.3 Å². The Morgan fingerprint density at radius 3 is 2.48 bits per heavy atom. The van der Waals surface area contributed by atoms with Gasteiger partial charge in [0, 0.05) is 10.3 Å². The second-order valence-corrected chi connectivity index (χ2v) is 8.02. The first-order chi connectivity index (χ1) is 14.6. The topological polar surface area (TPSA) is 86.1 Å². The van der Waals surface area contributed by atoms with Crippen molar-refractivity contribution in [3.05, 3.63) is 76.3 Å². The predicted molar refractivity (Wildman–Crippen MR) is 114 cm³/mol. The molecule has 6 nitrogen and oxygen atoms in total. The van der Waals surface area contributed by atoms with Crippen molar-refractivity contribution in [3.8, 4) is 11.6 Å². The molecule has 3 N–H and O–H groups in total. The number of nitrogens with zero attached hydrogens (tertiary/aromatic N) is 3. The zero-order valence-electron chi connectivity index (χ0n) is 16.2. The number of halogens is 3. The van der Waals surface area contributed by atoms with Crippen LogP contribution in [0.2, 0.25) is 0 Å². The number of nitrogen functional groups attached to an aromatic ring is 1. The minimum atomic E-state index is -4.41. The molecular weight excluding hydrogens is 429 g/mol. The van der Waals surface area contributed by atoms with E-state index in [4.69, 9.17) is 5.73 Å². The minimum Gasteiger partial charge on any atom is -0.493 e. The van der Waals surface area contributed by atoms with Crippen LogP contribution in [0.15, 0.2) is 64.3 Å². The average Bonchev–Trinajstić information content (AvgIpc) is 2.91. The number of alkyl halides is 3. The largest absolute Gasteiger partial charge is 0.493 e. The minimum absolute atomic E-state index is 0.0151. The average molecular weight is 446 g/mol. The lowest BCUT2D eigenvalue weighted by molar-refractivity contribution is -0.0328. The third kappa shape index (κ3) is 4.11. The Morgan fingerprint density at radius 1 is 1.13 bits per heavy atom. The van der Waals surface area contributed by atoms with Gasteiger partial charge in [0.2, 0.25) is 5.88 Å². The first kappa shape index (κ1) is 20.9. The van der Waals surface area contributed by atoms with Crippen molar-refractivity contribution in [1.29, 1.82) is 0 Å². The van der Waals surface area contributed by atoms with E-state index in [-0.39, 0.29) is 34.8 Å². The highest BCUT2D eigenvalue weighted by Crippen LogP contribution is 2.37. The van der Waals surface area contributed by atoms with E-state index in [1.165, 1.54) is 28.8 Å². The van der Waals surface area contributed by atoms with Crippen molar-refractivity contribution in [2.24, 2.45) is 0 Å². The molecular formula is C21H17F3N4O2S. The highest BCUT2D eigenvalue weighted by molar-refractivity contribution is 8.00. The normalized spacial score (nSPS) is 11.9. The maximum atomic E-state index is 13.1. The van der Waals surface area contributed by atoms with Crippen LogP contribution >= 0.6 is 11.8 Å². The molecule has 0 bridgehead atoms. The molecule has 0 amide bonds. The fourth-order valence-corrected chi connectivity index (χ4v) is 3.96. The van der Waals surface area contributed by atoms with Gasteiger partial charge in [0.05, 0.1) is 23.4 Å². The van der Waals surface area contributed by atoms with Gasteiger partial charge in [-0.3, -0.25) is 4.57 Å². The van der Waals surface area contributed by atoms with Crippen molar-refractivity contribution in [2.45, 2.75) is 23.9 Å². The maximum absolute atomic E-state index is 13.1. The van der Waals surface area contributed by atoms with Gasteiger partial charge in [0.1, 0.15) is 5.82 Å². The molecule has 0 radical (unpaired) electrons. The van der Waals surface area contributed by atoms with E-state index in [0.29, 0.717) is 17.0 Å². The molecule has 0 aliphatic carbocycles. The van der Waals surface area contributed by atoms with Crippen LogP contribution in [0.4, 0.5) is 19.0 Å². The van der Waals surface area contributed by atoms with Crippen molar-refractivity contribution >= 4 is 28.5 Å². The molecule has 0 atom stereocenters. The lowest BCUT2D eigenvalue weighted by Gasteiger charge is -2.09. The Labute approximate surface area is 178 Å². The molecule has 0 fully saturated rings. The number of aromatic nitrogens is 3. The smallest absolute Gasteiger partial charge is 0.446 e. The quantitative estimate of drug-likeness (QED) is 0.453. The number of pyridine rings is 1. The number of para-hydroxylation sites is 1. The second kappa shape index (κ2) is 7.69. The van der Waals surface area contributed by atoms with Crippen LogP contribution in [0.5, 0.6) is 5.88 Å². The Balaban J connectivity index is 1.75. The lowest BCUT2D eigenvalue weighted by Crippen LogP contribution is -2.24. The summed E-state index contributed by atoms with van der Waals surface area (Å²) >= 11 is -0.247. The molecule has 0 aliphatic rings. The number of rotatable bonds is 4. The number of nitrogens with two attached hydrogens (primary N) is 1. The van der Waals surface area contributed by atoms with Gasteiger partial charge >= 0.3 is 11.2 Å². The summed E-state index contributed by atoms with van der Waals surface area (Å²) < 4.78 is 40.1. The van der Waals surface area contributed by atoms with Gasteiger partial charge in [-0.25, -0.2) is 14.3 Å². The summed E-state index contributed by atoms with van der Waals surface area (Å²) in [6.45, 7) is 1.73. The van der Waals surface area contributed by atoms with Gasteiger partial charge in [-0.15, -0.1) is 0 Å². The van der Waals surface area contributed by atoms with Gasteiger partial charge in [0.15, 0.2) is 0 Å². The van der Waals surface area contributed by atoms with Crippen molar-refractivity contribution in [2.75, 3.05) is 5.73 Å². The fraction of sp³-hybridized carbons (Fsp3) is 0.143. The fourth-order valence-electron chi connectivity index (χ4n) is 3.42. The van der Waals surface area contributed by atoms with Gasteiger partial charge < -0.3 is 10.8 Å². The Bertz CT molecular complexity index is 1330. The number of imidazole rings is 1. The molecule has 2 aromatic heterocycles. The Kier molecular flexibility index (Phi) is 5.18. The molecule has 10 heteroatoms. The molecule has 2 heterocycles. The van der Waals surface area contributed by atoms with E-state index in [0.717, 1.165) is 15.5 Å². The highest BCUT2D eigenvalue weighted by Gasteiger charge is 2.29. The molecule has 0 unspecified atom stereocenters. The van der Waals surface area contributed by atoms with E-state index < -0.39 is 11.2 Å². The predicted octanol–water partition coefficient (Wildman–Crippen LogP) is 4.44. The van der Waals surface area contributed by atoms with Gasteiger partial charge in [-0.2, -0.15) is 13.2 Å². The summed E-state index contributed by atoms with van der Waals surface area (Å²) in [7, 11) is 0. The number of anilines is 1. The monoisotopic (exact) mass is 446 g/mol. The van der Waals surface area contributed by atoms with E-state index >= 15 is 0 Å². The highest BCUT2D eigenvalue weighted by atomic mass is 32.2. The van der Waals surface area contributed by atoms with E-state index in [2.05, 4.69) is 4.98 Å². The summed E-state index contributed by atoms with van der Waals surface area (Å²) in [5.41, 5.74) is 2.99. The van der Waals surface area contributed by atoms with Crippen LogP contribution in [0, 0.1) is 6.92 Å². The first-order valence-corrected chi connectivity index (χ1v) is 9.97. The lowest BCUT2D eigenvalue weighted by atomic mass is 10.1. The maximum Gasteiger partial charge on any atom is 0.446 e. The van der Waals surface area contributed by atoms with Gasteiger partial charge in [0.25, 0.3) is 0 Å².